The molecule has 2 aromatic rings. The van der Waals surface area contributed by atoms with E-state index in [0.29, 0.717) is 18.1 Å². The van der Waals surface area contributed by atoms with Gasteiger partial charge in [-0.2, -0.15) is 5.10 Å². The number of likely N-dealkylation sites (tertiary alicyclic amines) is 1. The maximum absolute atomic E-state index is 12.3. The SMILES string of the molecule is CCNC(=O)N1CCC2(CCCn3nc(C4C=c5c(Cl)c[nH]c5=NC4)cc32)C1. The number of carbonyl (C=O) groups excluding carboxylic acids is 1. The summed E-state index contributed by atoms with van der Waals surface area (Å²) < 4.78 is 2.17. The van der Waals surface area contributed by atoms with Crippen LogP contribution < -0.4 is 16.0 Å². The normalized spacial score (nSPS) is 25.8. The third-order valence-electron chi connectivity index (χ3n) is 6.38. The van der Waals surface area contributed by atoms with Crippen molar-refractivity contribution in [3.8, 4) is 0 Å². The lowest BCUT2D eigenvalue weighted by Gasteiger charge is -2.34. The summed E-state index contributed by atoms with van der Waals surface area (Å²) in [5.74, 6) is 0.136. The van der Waals surface area contributed by atoms with Crippen molar-refractivity contribution in [1.82, 2.24) is 25.0 Å². The van der Waals surface area contributed by atoms with Gasteiger partial charge in [0.1, 0.15) is 5.49 Å². The molecule has 1 spiro atoms. The minimum absolute atomic E-state index is 0.0251. The number of urea groups is 1. The number of aryl methyl sites for hydroxylation is 1. The molecule has 2 amide bonds. The van der Waals surface area contributed by atoms with Gasteiger partial charge in [0.15, 0.2) is 0 Å². The maximum Gasteiger partial charge on any atom is 0.317 e. The summed E-state index contributed by atoms with van der Waals surface area (Å²) in [5, 5.41) is 9.55. The van der Waals surface area contributed by atoms with Gasteiger partial charge in [-0.1, -0.05) is 17.7 Å². The molecule has 3 aliphatic rings. The van der Waals surface area contributed by atoms with Crippen molar-refractivity contribution in [1.29, 1.82) is 0 Å². The molecule has 0 radical (unpaired) electrons. The highest BCUT2D eigenvalue weighted by molar-refractivity contribution is 6.30. The fourth-order valence-electron chi connectivity index (χ4n) is 4.94. The second-order valence-electron chi connectivity index (χ2n) is 8.08. The number of H-pyrrole nitrogens is 1. The van der Waals surface area contributed by atoms with Gasteiger partial charge in [0.05, 0.1) is 17.3 Å². The van der Waals surface area contributed by atoms with Crippen molar-refractivity contribution in [3.05, 3.63) is 39.4 Å². The van der Waals surface area contributed by atoms with Crippen molar-refractivity contribution in [3.63, 3.8) is 0 Å². The number of halogens is 1. The molecule has 2 atom stereocenters. The Balaban J connectivity index is 1.46. The molecular weight excluding hydrogens is 376 g/mol. The number of nitrogens with zero attached hydrogens (tertiary/aromatic N) is 4. The van der Waals surface area contributed by atoms with E-state index in [1.807, 2.05) is 11.8 Å². The van der Waals surface area contributed by atoms with Crippen LogP contribution in [0.4, 0.5) is 4.79 Å². The Hall–Kier alpha value is -2.28. The van der Waals surface area contributed by atoms with Gasteiger partial charge in [0.25, 0.3) is 0 Å². The van der Waals surface area contributed by atoms with Crippen molar-refractivity contribution >= 4 is 23.7 Å². The number of aromatic amines is 1. The van der Waals surface area contributed by atoms with Crippen molar-refractivity contribution in [2.24, 2.45) is 4.99 Å². The zero-order chi connectivity index (χ0) is 19.3. The van der Waals surface area contributed by atoms with E-state index < -0.39 is 0 Å². The van der Waals surface area contributed by atoms with Gasteiger partial charge < -0.3 is 15.2 Å². The summed E-state index contributed by atoms with van der Waals surface area (Å²) in [4.78, 5) is 22.0. The van der Waals surface area contributed by atoms with Crippen LogP contribution in [-0.2, 0) is 12.0 Å². The Morgan fingerprint density at radius 3 is 3.18 bits per heavy atom. The topological polar surface area (TPSA) is 78.3 Å². The summed E-state index contributed by atoms with van der Waals surface area (Å²) >= 11 is 6.29. The fraction of sp³-hybridized carbons (Fsp3) is 0.550. The highest BCUT2D eigenvalue weighted by Gasteiger charge is 2.45. The first-order valence-electron chi connectivity index (χ1n) is 10.1. The van der Waals surface area contributed by atoms with E-state index >= 15 is 0 Å². The van der Waals surface area contributed by atoms with Crippen LogP contribution in [0.2, 0.25) is 5.02 Å². The molecule has 7 nitrogen and oxygen atoms in total. The molecule has 28 heavy (non-hydrogen) atoms. The van der Waals surface area contributed by atoms with E-state index in [1.54, 1.807) is 6.20 Å². The summed E-state index contributed by atoms with van der Waals surface area (Å²) in [7, 11) is 0. The molecule has 0 aromatic carbocycles. The lowest BCUT2D eigenvalue weighted by atomic mass is 9.77. The smallest absolute Gasteiger partial charge is 0.317 e. The Kier molecular flexibility index (Phi) is 4.23. The molecule has 3 aliphatic heterocycles. The van der Waals surface area contributed by atoms with E-state index in [0.717, 1.165) is 55.3 Å². The highest BCUT2D eigenvalue weighted by Crippen LogP contribution is 2.42. The molecule has 2 N–H and O–H groups in total. The molecule has 5 rings (SSSR count). The number of amides is 2. The van der Waals surface area contributed by atoms with Crippen LogP contribution >= 0.6 is 11.6 Å². The Morgan fingerprint density at radius 1 is 1.43 bits per heavy atom. The van der Waals surface area contributed by atoms with Gasteiger partial charge in [-0.25, -0.2) is 4.79 Å². The Labute approximate surface area is 168 Å². The predicted octanol–water partition coefficient (Wildman–Crippen LogP) is 1.53. The van der Waals surface area contributed by atoms with E-state index in [9.17, 15) is 4.79 Å². The third kappa shape index (κ3) is 2.75. The van der Waals surface area contributed by atoms with Crippen LogP contribution in [0.3, 0.4) is 0 Å². The molecule has 8 heteroatoms. The molecule has 2 aromatic heterocycles. The first-order valence-corrected chi connectivity index (χ1v) is 10.5. The number of hydrogen-bond donors (Lipinski definition) is 2. The number of hydrogen-bond acceptors (Lipinski definition) is 3. The lowest BCUT2D eigenvalue weighted by molar-refractivity contribution is 0.203. The summed E-state index contributed by atoms with van der Waals surface area (Å²) in [6, 6.07) is 2.30. The average Bonchev–Trinajstić information content (AvgIpc) is 3.41. The number of fused-ring (bicyclic) bond motifs is 3. The third-order valence-corrected chi connectivity index (χ3v) is 6.69. The molecule has 1 saturated heterocycles. The molecule has 148 valence electrons. The zero-order valence-corrected chi connectivity index (χ0v) is 16.8. The van der Waals surface area contributed by atoms with Crippen molar-refractivity contribution in [2.75, 3.05) is 26.2 Å². The number of carbonyl (C=O) groups is 1. The van der Waals surface area contributed by atoms with E-state index in [4.69, 9.17) is 16.7 Å². The first-order chi connectivity index (χ1) is 13.6. The average molecular weight is 401 g/mol. The summed E-state index contributed by atoms with van der Waals surface area (Å²) in [6.45, 7) is 5.82. The Morgan fingerprint density at radius 2 is 2.32 bits per heavy atom. The minimum atomic E-state index is 0.0251. The van der Waals surface area contributed by atoms with E-state index in [-0.39, 0.29) is 17.4 Å². The van der Waals surface area contributed by atoms with Gasteiger partial charge in [0, 0.05) is 54.6 Å². The molecule has 5 heterocycles. The maximum atomic E-state index is 12.3. The van der Waals surface area contributed by atoms with Crippen LogP contribution in [0.1, 0.15) is 43.5 Å². The van der Waals surface area contributed by atoms with Crippen LogP contribution in [0.5, 0.6) is 0 Å². The fourth-order valence-corrected chi connectivity index (χ4v) is 5.15. The lowest BCUT2D eigenvalue weighted by Crippen LogP contribution is -2.42. The predicted molar refractivity (Wildman–Crippen MR) is 107 cm³/mol. The van der Waals surface area contributed by atoms with Crippen LogP contribution in [-0.4, -0.2) is 51.9 Å². The summed E-state index contributed by atoms with van der Waals surface area (Å²) in [5.41, 5.74) is 3.21. The van der Waals surface area contributed by atoms with Crippen LogP contribution in [0.15, 0.2) is 17.3 Å². The second kappa shape index (κ2) is 6.65. The van der Waals surface area contributed by atoms with Crippen LogP contribution in [0.25, 0.3) is 6.08 Å². The van der Waals surface area contributed by atoms with E-state index in [1.165, 1.54) is 5.69 Å². The van der Waals surface area contributed by atoms with Gasteiger partial charge in [0.2, 0.25) is 0 Å². The van der Waals surface area contributed by atoms with Crippen LogP contribution in [0, 0.1) is 0 Å². The number of nitrogens with one attached hydrogen (secondary N) is 2. The number of aromatic nitrogens is 3. The van der Waals surface area contributed by atoms with Crippen molar-refractivity contribution in [2.45, 2.75) is 44.1 Å². The van der Waals surface area contributed by atoms with Gasteiger partial charge in [-0.3, -0.25) is 9.67 Å². The Bertz CT molecular complexity index is 1040. The van der Waals surface area contributed by atoms with Crippen molar-refractivity contribution < 1.29 is 4.79 Å². The summed E-state index contributed by atoms with van der Waals surface area (Å²) in [6.07, 6.45) is 7.18. The van der Waals surface area contributed by atoms with Gasteiger partial charge >= 0.3 is 6.03 Å². The largest absolute Gasteiger partial charge is 0.345 e. The quantitative estimate of drug-likeness (QED) is 0.801. The first kappa shape index (κ1) is 17.8. The van der Waals surface area contributed by atoms with Gasteiger partial charge in [-0.15, -0.1) is 0 Å². The monoisotopic (exact) mass is 400 g/mol. The molecule has 0 bridgehead atoms. The molecular formula is C20H25ClN6O. The van der Waals surface area contributed by atoms with E-state index in [2.05, 4.69) is 32.1 Å². The number of rotatable bonds is 2. The highest BCUT2D eigenvalue weighted by atomic mass is 35.5. The minimum Gasteiger partial charge on any atom is -0.345 e. The molecule has 2 unspecified atom stereocenters. The standard InChI is InChI=1S/C20H25ClN6O/c1-2-22-19(28)26-7-5-20(12-26)4-3-6-27-17(20)9-16(25-27)13-8-14-15(21)11-24-18(14)23-10-13/h8-9,11,13H,2-7,10,12H2,1H3,(H,22,28)(H,23,24). The zero-order valence-electron chi connectivity index (χ0n) is 16.0. The molecule has 0 saturated carbocycles. The van der Waals surface area contributed by atoms with Gasteiger partial charge in [-0.05, 0) is 32.3 Å². The molecule has 1 fully saturated rings. The second-order valence-corrected chi connectivity index (χ2v) is 8.49. The molecule has 0 aliphatic carbocycles.